The Bertz CT molecular complexity index is 1080. The maximum atomic E-state index is 12.3. The van der Waals surface area contributed by atoms with Crippen molar-refractivity contribution >= 4 is 27.5 Å². The van der Waals surface area contributed by atoms with Crippen LogP contribution in [-0.2, 0) is 14.8 Å². The summed E-state index contributed by atoms with van der Waals surface area (Å²) in [6, 6.07) is 9.71. The smallest absolute Gasteiger partial charge is 0.264 e. The number of carbonyl (C=O) groups is 1. The molecule has 136 valence electrons. The molecule has 0 fully saturated rings. The number of benzene rings is 1. The third-order valence-electron chi connectivity index (χ3n) is 3.63. The molecule has 2 aromatic heterocycles. The summed E-state index contributed by atoms with van der Waals surface area (Å²) < 4.78 is 26.3. The van der Waals surface area contributed by atoms with E-state index in [9.17, 15) is 18.4 Å². The van der Waals surface area contributed by atoms with Gasteiger partial charge in [0.05, 0.1) is 4.90 Å². The predicted octanol–water partition coefficient (Wildman–Crippen LogP) is 1.75. The number of hydrogen-bond acceptors (Lipinski definition) is 6. The van der Waals surface area contributed by atoms with Crippen molar-refractivity contribution in [1.29, 1.82) is 0 Å². The summed E-state index contributed by atoms with van der Waals surface area (Å²) in [6.07, 6.45) is 1.68. The maximum absolute atomic E-state index is 12.3. The minimum absolute atomic E-state index is 0.0167. The summed E-state index contributed by atoms with van der Waals surface area (Å²) in [5.74, 6) is -0.0895. The average Bonchev–Trinajstić information content (AvgIpc) is 3.01. The van der Waals surface area contributed by atoms with Gasteiger partial charge in [-0.05, 0) is 36.8 Å². The molecule has 3 rings (SSSR count). The SMILES string of the molecule is CCN(O)S(=O)(=O)c1cccc(-c2ccc3nc(NC(C)=O)nn3c2)c1. The topological polar surface area (TPSA) is 117 Å². The van der Waals surface area contributed by atoms with Gasteiger partial charge in [0, 0.05) is 25.2 Å². The molecule has 0 unspecified atom stereocenters. The van der Waals surface area contributed by atoms with Crippen molar-refractivity contribution in [3.8, 4) is 11.1 Å². The number of nitrogens with one attached hydrogen (secondary N) is 1. The first-order valence-corrected chi connectivity index (χ1v) is 9.21. The molecule has 1 aromatic carbocycles. The van der Waals surface area contributed by atoms with Gasteiger partial charge in [-0.1, -0.05) is 16.6 Å². The third kappa shape index (κ3) is 3.43. The van der Waals surface area contributed by atoms with Gasteiger partial charge in [-0.3, -0.25) is 15.3 Å². The summed E-state index contributed by atoms with van der Waals surface area (Å²) in [7, 11) is -3.96. The molecule has 9 nitrogen and oxygen atoms in total. The van der Waals surface area contributed by atoms with E-state index >= 15 is 0 Å². The highest BCUT2D eigenvalue weighted by molar-refractivity contribution is 7.89. The lowest BCUT2D eigenvalue weighted by Crippen LogP contribution is -2.27. The molecule has 0 atom stereocenters. The van der Waals surface area contributed by atoms with E-state index in [1.54, 1.807) is 30.5 Å². The Morgan fingerprint density at radius 1 is 1.27 bits per heavy atom. The Hall–Kier alpha value is -2.82. The van der Waals surface area contributed by atoms with Crippen LogP contribution in [0.3, 0.4) is 0 Å². The highest BCUT2D eigenvalue weighted by Gasteiger charge is 2.21. The van der Waals surface area contributed by atoms with Crippen molar-refractivity contribution in [2.75, 3.05) is 11.9 Å². The van der Waals surface area contributed by atoms with E-state index in [1.807, 2.05) is 0 Å². The van der Waals surface area contributed by atoms with E-state index in [2.05, 4.69) is 15.4 Å². The van der Waals surface area contributed by atoms with Crippen LogP contribution in [-0.4, -0.2) is 45.1 Å². The number of aromatic nitrogens is 3. The van der Waals surface area contributed by atoms with Crippen molar-refractivity contribution in [3.05, 3.63) is 42.6 Å². The summed E-state index contributed by atoms with van der Waals surface area (Å²) in [5, 5.41) is 16.3. The first-order valence-electron chi connectivity index (χ1n) is 7.77. The van der Waals surface area contributed by atoms with Crippen molar-refractivity contribution in [2.24, 2.45) is 0 Å². The van der Waals surface area contributed by atoms with Gasteiger partial charge in [0.15, 0.2) is 5.65 Å². The Labute approximate surface area is 149 Å². The number of nitrogens with zero attached hydrogens (tertiary/aromatic N) is 4. The number of fused-ring (bicyclic) bond motifs is 1. The summed E-state index contributed by atoms with van der Waals surface area (Å²) in [4.78, 5) is 15.3. The zero-order chi connectivity index (χ0) is 18.9. The molecule has 26 heavy (non-hydrogen) atoms. The Kier molecular flexibility index (Phi) is 4.72. The summed E-state index contributed by atoms with van der Waals surface area (Å²) in [6.45, 7) is 2.85. The van der Waals surface area contributed by atoms with Crippen LogP contribution < -0.4 is 5.32 Å². The monoisotopic (exact) mass is 375 g/mol. The normalized spacial score (nSPS) is 11.8. The second kappa shape index (κ2) is 6.83. The highest BCUT2D eigenvalue weighted by atomic mass is 32.2. The van der Waals surface area contributed by atoms with Crippen LogP contribution in [0.1, 0.15) is 13.8 Å². The van der Waals surface area contributed by atoms with Gasteiger partial charge in [0.2, 0.25) is 11.9 Å². The molecule has 0 bridgehead atoms. The first-order chi connectivity index (χ1) is 12.3. The number of rotatable bonds is 5. The Morgan fingerprint density at radius 3 is 2.73 bits per heavy atom. The molecular weight excluding hydrogens is 358 g/mol. The van der Waals surface area contributed by atoms with Gasteiger partial charge in [0.25, 0.3) is 10.0 Å². The van der Waals surface area contributed by atoms with Crippen LogP contribution in [0.15, 0.2) is 47.5 Å². The van der Waals surface area contributed by atoms with Gasteiger partial charge in [0.1, 0.15) is 0 Å². The Balaban J connectivity index is 2.01. The molecular formula is C16H17N5O4S. The number of sulfonamides is 1. The maximum Gasteiger partial charge on any atom is 0.264 e. The van der Waals surface area contributed by atoms with Gasteiger partial charge < -0.3 is 0 Å². The van der Waals surface area contributed by atoms with Crippen LogP contribution in [0.4, 0.5) is 5.95 Å². The molecule has 2 heterocycles. The van der Waals surface area contributed by atoms with Crippen LogP contribution >= 0.6 is 0 Å². The predicted molar refractivity (Wildman–Crippen MR) is 94.1 cm³/mol. The molecule has 0 aliphatic rings. The highest BCUT2D eigenvalue weighted by Crippen LogP contribution is 2.24. The zero-order valence-electron chi connectivity index (χ0n) is 14.1. The number of anilines is 1. The quantitative estimate of drug-likeness (QED) is 0.656. The fourth-order valence-electron chi connectivity index (χ4n) is 2.39. The second-order valence-electron chi connectivity index (χ2n) is 5.51. The van der Waals surface area contributed by atoms with Gasteiger partial charge in [-0.15, -0.1) is 5.10 Å². The summed E-state index contributed by atoms with van der Waals surface area (Å²) >= 11 is 0. The molecule has 10 heteroatoms. The number of hydroxylamine groups is 1. The largest absolute Gasteiger partial charge is 0.299 e. The fraction of sp³-hybridized carbons (Fsp3) is 0.188. The second-order valence-corrected chi connectivity index (χ2v) is 7.35. The van der Waals surface area contributed by atoms with E-state index in [4.69, 9.17) is 0 Å². The molecule has 0 radical (unpaired) electrons. The minimum Gasteiger partial charge on any atom is -0.299 e. The van der Waals surface area contributed by atoms with Gasteiger partial charge in [-0.25, -0.2) is 12.9 Å². The molecule has 0 aliphatic carbocycles. The van der Waals surface area contributed by atoms with E-state index in [0.29, 0.717) is 21.2 Å². The lowest BCUT2D eigenvalue weighted by atomic mass is 10.1. The molecule has 2 N–H and O–H groups in total. The lowest BCUT2D eigenvalue weighted by Gasteiger charge is -2.13. The number of amides is 1. The van der Waals surface area contributed by atoms with Crippen molar-refractivity contribution in [1.82, 2.24) is 19.1 Å². The van der Waals surface area contributed by atoms with Crippen molar-refractivity contribution < 1.29 is 18.4 Å². The van der Waals surface area contributed by atoms with Crippen molar-refractivity contribution in [2.45, 2.75) is 18.7 Å². The summed E-state index contributed by atoms with van der Waals surface area (Å²) in [5.41, 5.74) is 1.87. The Morgan fingerprint density at radius 2 is 2.04 bits per heavy atom. The van der Waals surface area contributed by atoms with Crippen LogP contribution in [0.2, 0.25) is 0 Å². The van der Waals surface area contributed by atoms with E-state index in [0.717, 1.165) is 0 Å². The molecule has 0 saturated carbocycles. The standard InChI is InChI=1S/C16H17N5O4S/c1-3-21(23)26(24,25)14-6-4-5-12(9-14)13-7-8-15-18-16(17-11(2)22)19-20(15)10-13/h4-10,23H,3H2,1-2H3,(H,17,19,22). The zero-order valence-corrected chi connectivity index (χ0v) is 14.9. The molecule has 1 amide bonds. The minimum atomic E-state index is -3.96. The van der Waals surface area contributed by atoms with E-state index in [-0.39, 0.29) is 23.3 Å². The van der Waals surface area contributed by atoms with Crippen LogP contribution in [0.5, 0.6) is 0 Å². The number of carbonyl (C=O) groups excluding carboxylic acids is 1. The number of hydrogen-bond donors (Lipinski definition) is 2. The first kappa shape index (κ1) is 18.0. The third-order valence-corrected chi connectivity index (χ3v) is 5.29. The van der Waals surface area contributed by atoms with Crippen LogP contribution in [0.25, 0.3) is 16.8 Å². The molecule has 3 aromatic rings. The molecule has 0 aliphatic heterocycles. The fourth-order valence-corrected chi connectivity index (χ4v) is 3.50. The van der Waals surface area contributed by atoms with E-state index < -0.39 is 10.0 Å². The number of pyridine rings is 1. The van der Waals surface area contributed by atoms with Crippen molar-refractivity contribution in [3.63, 3.8) is 0 Å². The van der Waals surface area contributed by atoms with Gasteiger partial charge >= 0.3 is 0 Å². The van der Waals surface area contributed by atoms with Gasteiger partial charge in [-0.2, -0.15) is 4.98 Å². The average molecular weight is 375 g/mol. The van der Waals surface area contributed by atoms with Crippen LogP contribution in [0, 0.1) is 0 Å². The lowest BCUT2D eigenvalue weighted by molar-refractivity contribution is -0.114. The molecule has 0 spiro atoms. The van der Waals surface area contributed by atoms with E-state index in [1.165, 1.54) is 30.5 Å². The molecule has 0 saturated heterocycles.